The molecule has 15 rings (SSSR count). The summed E-state index contributed by atoms with van der Waals surface area (Å²) in [6.07, 6.45) is 0. The normalized spacial score (nSPS) is 14.0. The van der Waals surface area contributed by atoms with Gasteiger partial charge in [-0.15, -0.1) is 0 Å². The number of fused-ring (bicyclic) bond motifs is 8. The lowest BCUT2D eigenvalue weighted by Crippen LogP contribution is -2.74. The van der Waals surface area contributed by atoms with E-state index >= 15 is 0 Å². The van der Waals surface area contributed by atoms with E-state index in [0.29, 0.717) is 0 Å². The Hall–Kier alpha value is -9.03. The monoisotopic (exact) mass is 1170 g/mol. The molecule has 4 nitrogen and oxygen atoms in total. The van der Waals surface area contributed by atoms with Crippen LogP contribution in [0.25, 0.3) is 0 Å². The van der Waals surface area contributed by atoms with Gasteiger partial charge in [-0.25, -0.2) is 0 Å². The van der Waals surface area contributed by atoms with Crippen molar-refractivity contribution < 1.29 is 4.74 Å². The Labute approximate surface area is 529 Å². The molecule has 0 saturated carbocycles. The van der Waals surface area contributed by atoms with Gasteiger partial charge in [-0.2, -0.15) is 0 Å². The van der Waals surface area contributed by atoms with E-state index in [4.69, 9.17) is 4.74 Å². The zero-order valence-electron chi connectivity index (χ0n) is 53.6. The number of anilines is 9. The molecule has 0 N–H and O–H groups in total. The Bertz CT molecular complexity index is 4450. The van der Waals surface area contributed by atoms with Crippen LogP contribution < -0.4 is 73.0 Å². The average molecular weight is 1170 g/mol. The lowest BCUT2D eigenvalue weighted by atomic mass is 9.30. The molecule has 0 fully saturated rings. The van der Waals surface area contributed by atoms with E-state index in [1.165, 1.54) is 110 Å². The van der Waals surface area contributed by atoms with Crippen molar-refractivity contribution in [1.29, 1.82) is 0 Å². The highest BCUT2D eigenvalue weighted by Crippen LogP contribution is 2.49. The largest absolute Gasteiger partial charge is 0.458 e. The number of para-hydroxylation sites is 2. The van der Waals surface area contributed by atoms with Gasteiger partial charge in [-0.1, -0.05) is 253 Å². The summed E-state index contributed by atoms with van der Waals surface area (Å²) >= 11 is 0. The molecule has 4 heterocycles. The summed E-state index contributed by atoms with van der Waals surface area (Å²) in [5.41, 5.74) is 22.9. The molecule has 0 saturated heterocycles. The van der Waals surface area contributed by atoms with E-state index in [1.54, 1.807) is 0 Å². The zero-order valence-corrected chi connectivity index (χ0v) is 54.6. The smallest absolute Gasteiger partial charge is 0.256 e. The third kappa shape index (κ3) is 9.08. The van der Waals surface area contributed by atoms with Gasteiger partial charge >= 0.3 is 0 Å². The molecular weight excluding hydrogens is 1090 g/mol. The molecule has 4 aliphatic heterocycles. The van der Waals surface area contributed by atoms with Gasteiger partial charge in [-0.05, 0) is 176 Å². The standard InChI is InChI=1S/C82H77B2N3OSi/c1-79(2,3)54-45-55(80(4,5)6)48-59(47-54)86-71-41-27-40-70-77(71)83(65-37-22-24-39-69(65)85(70)58-29-26-36-64(51-58)89(61-30-16-13-17-31-61,62-32-18-14-19-33-62)63-34-20-15-21-35-63)67-52-68-74(53-73(67)86)87(60-49-56(81(7,8)9)46-57(50-60)82(10,11)12)72-42-28-44-76-78(72)84(68)66-38-23-25-43-75(66)88-76/h13-53H,1-12H3. The van der Waals surface area contributed by atoms with Crippen molar-refractivity contribution in [3.8, 4) is 11.5 Å². The Morgan fingerprint density at radius 1 is 0.270 bits per heavy atom. The van der Waals surface area contributed by atoms with E-state index in [9.17, 15) is 0 Å². The third-order valence-corrected chi connectivity index (χ3v) is 24.4. The Morgan fingerprint density at radius 2 is 0.640 bits per heavy atom. The van der Waals surface area contributed by atoms with Crippen LogP contribution in [0.15, 0.2) is 249 Å². The fraction of sp³-hybridized carbons (Fsp3) is 0.195. The van der Waals surface area contributed by atoms with Crippen LogP contribution in [-0.4, -0.2) is 21.5 Å². The highest BCUT2D eigenvalue weighted by atomic mass is 28.3. The number of ether oxygens (including phenoxy) is 1. The summed E-state index contributed by atoms with van der Waals surface area (Å²) in [6.45, 7) is 28.0. The number of benzene rings is 11. The number of hydrogen-bond donors (Lipinski definition) is 0. The highest BCUT2D eigenvalue weighted by Gasteiger charge is 2.49. The fourth-order valence-corrected chi connectivity index (χ4v) is 19.8. The molecule has 0 unspecified atom stereocenters. The molecule has 0 bridgehead atoms. The maximum absolute atomic E-state index is 7.02. The molecule has 89 heavy (non-hydrogen) atoms. The average Bonchev–Trinajstić information content (AvgIpc) is 0.804. The molecule has 7 heteroatoms. The second-order valence-electron chi connectivity index (χ2n) is 29.4. The summed E-state index contributed by atoms with van der Waals surface area (Å²) in [5.74, 6) is 1.82. The van der Waals surface area contributed by atoms with Crippen LogP contribution >= 0.6 is 0 Å². The predicted octanol–water partition coefficient (Wildman–Crippen LogP) is 14.7. The first-order valence-corrected chi connectivity index (χ1v) is 34.0. The summed E-state index contributed by atoms with van der Waals surface area (Å²) in [7, 11) is -2.92. The first-order chi connectivity index (χ1) is 42.7. The minimum absolute atomic E-state index is 0.0984. The summed E-state index contributed by atoms with van der Waals surface area (Å²) in [6, 6.07) is 95.5. The van der Waals surface area contributed by atoms with Crippen LogP contribution in [0, 0.1) is 0 Å². The lowest BCUT2D eigenvalue weighted by molar-refractivity contribution is 0.487. The van der Waals surface area contributed by atoms with E-state index in [-0.39, 0.29) is 35.1 Å². The van der Waals surface area contributed by atoms with E-state index in [0.717, 1.165) is 28.6 Å². The van der Waals surface area contributed by atoms with Gasteiger partial charge in [0.2, 0.25) is 0 Å². The molecule has 0 atom stereocenters. The van der Waals surface area contributed by atoms with Crippen molar-refractivity contribution in [2.24, 2.45) is 0 Å². The molecule has 0 aromatic heterocycles. The van der Waals surface area contributed by atoms with E-state index < -0.39 is 8.07 Å². The first kappa shape index (κ1) is 56.5. The van der Waals surface area contributed by atoms with Crippen molar-refractivity contribution >= 4 is 126 Å². The van der Waals surface area contributed by atoms with Gasteiger partial charge in [0.05, 0.1) is 0 Å². The maximum atomic E-state index is 7.02. The van der Waals surface area contributed by atoms with Crippen LogP contribution in [0.3, 0.4) is 0 Å². The Balaban J connectivity index is 1.04. The molecule has 0 radical (unpaired) electrons. The molecule has 0 amide bonds. The quantitative estimate of drug-likeness (QED) is 0.117. The molecular formula is C82H77B2N3OSi. The lowest BCUT2D eigenvalue weighted by Gasteiger charge is -2.46. The van der Waals surface area contributed by atoms with Gasteiger partial charge in [-0.3, -0.25) is 0 Å². The molecule has 0 spiro atoms. The summed E-state index contributed by atoms with van der Waals surface area (Å²) < 4.78 is 7.02. The van der Waals surface area contributed by atoms with Crippen molar-refractivity contribution in [1.82, 2.24) is 0 Å². The molecule has 4 aliphatic rings. The molecule has 11 aromatic rings. The van der Waals surface area contributed by atoms with Crippen molar-refractivity contribution in [3.05, 3.63) is 271 Å². The van der Waals surface area contributed by atoms with Crippen LogP contribution in [-0.2, 0) is 21.7 Å². The van der Waals surface area contributed by atoms with Crippen LogP contribution in [0.2, 0.25) is 0 Å². The van der Waals surface area contributed by atoms with Gasteiger partial charge in [0.15, 0.2) is 8.07 Å². The number of rotatable bonds is 7. The topological polar surface area (TPSA) is 19.0 Å². The first-order valence-electron chi connectivity index (χ1n) is 32.0. The molecule has 0 aliphatic carbocycles. The Kier molecular flexibility index (Phi) is 13.0. The predicted molar refractivity (Wildman–Crippen MR) is 385 cm³/mol. The SMILES string of the molecule is CC(C)(C)c1cc(N2c3cc4c(cc3B3c5ccccc5Oc5cccc2c53)B2c3ccccc3N(c3cccc([Si](c5ccccc5)(c5ccccc5)c5ccccc5)c3)c3cccc(c32)N4c2cc(C(C)(C)C)cc(C(C)(C)C)c2)cc(C(C)(C)C)c1. The second-order valence-corrected chi connectivity index (χ2v) is 33.2. The summed E-state index contributed by atoms with van der Waals surface area (Å²) in [4.78, 5) is 7.84. The zero-order chi connectivity index (χ0) is 61.5. The fourth-order valence-electron chi connectivity index (χ4n) is 15.0. The van der Waals surface area contributed by atoms with Crippen LogP contribution in [0.1, 0.15) is 105 Å². The molecule has 436 valence electrons. The van der Waals surface area contributed by atoms with Gasteiger partial charge in [0.25, 0.3) is 13.4 Å². The van der Waals surface area contributed by atoms with Crippen molar-refractivity contribution in [2.75, 3.05) is 14.7 Å². The van der Waals surface area contributed by atoms with Crippen molar-refractivity contribution in [3.63, 3.8) is 0 Å². The number of hydrogen-bond acceptors (Lipinski definition) is 4. The highest BCUT2D eigenvalue weighted by molar-refractivity contribution is 7.20. The van der Waals surface area contributed by atoms with Gasteiger partial charge in [0.1, 0.15) is 11.5 Å². The minimum Gasteiger partial charge on any atom is -0.458 e. The summed E-state index contributed by atoms with van der Waals surface area (Å²) in [5, 5.41) is 5.39. The van der Waals surface area contributed by atoms with Gasteiger partial charge < -0.3 is 19.4 Å². The molecule has 11 aromatic carbocycles. The second kappa shape index (κ2) is 20.5. The van der Waals surface area contributed by atoms with Crippen molar-refractivity contribution in [2.45, 2.75) is 105 Å². The van der Waals surface area contributed by atoms with Gasteiger partial charge in [0, 0.05) is 51.2 Å². The number of nitrogens with zero attached hydrogens (tertiary/aromatic N) is 3. The minimum atomic E-state index is -2.92. The van der Waals surface area contributed by atoms with E-state index in [1.807, 2.05) is 0 Å². The van der Waals surface area contributed by atoms with Crippen LogP contribution in [0.4, 0.5) is 51.2 Å². The Morgan fingerprint density at radius 3 is 1.13 bits per heavy atom. The van der Waals surface area contributed by atoms with E-state index in [2.05, 4.69) is 347 Å². The maximum Gasteiger partial charge on any atom is 0.256 e. The van der Waals surface area contributed by atoms with Crippen LogP contribution in [0.5, 0.6) is 11.5 Å². The third-order valence-electron chi connectivity index (χ3n) is 19.6.